The van der Waals surface area contributed by atoms with Gasteiger partial charge in [-0.05, 0) is 19.1 Å². The maximum Gasteiger partial charge on any atom is 0.237 e. The van der Waals surface area contributed by atoms with E-state index in [1.807, 2.05) is 43.3 Å². The number of aliphatic hydroxyl groups is 1. The molecular weight excluding hydrogens is 214 g/mol. The lowest BCUT2D eigenvalue weighted by atomic mass is 10.0. The lowest BCUT2D eigenvalue weighted by Crippen LogP contribution is -2.31. The first-order valence-corrected chi connectivity index (χ1v) is 5.60. The Balaban J connectivity index is 2.47. The monoisotopic (exact) mass is 229 g/mol. The molecule has 0 bridgehead atoms. The first-order chi connectivity index (χ1) is 8.27. The summed E-state index contributed by atoms with van der Waals surface area (Å²) >= 11 is 0. The Morgan fingerprint density at radius 2 is 1.82 bits per heavy atom. The van der Waals surface area contributed by atoms with Gasteiger partial charge in [0.2, 0.25) is 5.79 Å². The lowest BCUT2D eigenvalue weighted by Gasteiger charge is -2.27. The third-order valence-electron chi connectivity index (χ3n) is 2.53. The van der Waals surface area contributed by atoms with Gasteiger partial charge in [-0.2, -0.15) is 0 Å². The largest absolute Gasteiger partial charge is 0.357 e. The third-order valence-corrected chi connectivity index (χ3v) is 2.53. The van der Waals surface area contributed by atoms with E-state index >= 15 is 0 Å². The van der Waals surface area contributed by atoms with E-state index in [0.29, 0.717) is 17.9 Å². The van der Waals surface area contributed by atoms with Crippen LogP contribution in [0.4, 0.5) is 0 Å². The van der Waals surface area contributed by atoms with Crippen molar-refractivity contribution in [3.05, 3.63) is 66.0 Å². The van der Waals surface area contributed by atoms with Crippen LogP contribution in [0.25, 0.3) is 0 Å². The van der Waals surface area contributed by atoms with Gasteiger partial charge in [-0.25, -0.2) is 0 Å². The van der Waals surface area contributed by atoms with E-state index in [0.717, 1.165) is 0 Å². The molecule has 0 fully saturated rings. The van der Waals surface area contributed by atoms with E-state index in [1.54, 1.807) is 18.3 Å². The number of hydrogen-bond donors (Lipinski definition) is 1. The summed E-state index contributed by atoms with van der Waals surface area (Å²) in [7, 11) is 0. The van der Waals surface area contributed by atoms with Crippen LogP contribution in [0, 0.1) is 0 Å². The molecule has 0 aliphatic heterocycles. The van der Waals surface area contributed by atoms with Gasteiger partial charge in [0.25, 0.3) is 0 Å². The highest BCUT2D eigenvalue weighted by molar-refractivity contribution is 5.29. The van der Waals surface area contributed by atoms with E-state index in [4.69, 9.17) is 4.74 Å². The SMILES string of the molecule is CCO[C@](O)(c1ccccc1)c1ccccn1. The van der Waals surface area contributed by atoms with Crippen molar-refractivity contribution in [1.29, 1.82) is 0 Å². The minimum atomic E-state index is -1.47. The molecule has 0 aliphatic carbocycles. The van der Waals surface area contributed by atoms with Crippen LogP contribution >= 0.6 is 0 Å². The number of pyridine rings is 1. The summed E-state index contributed by atoms with van der Waals surface area (Å²) in [6.07, 6.45) is 1.64. The highest BCUT2D eigenvalue weighted by Gasteiger charge is 2.33. The Labute approximate surface area is 101 Å². The summed E-state index contributed by atoms with van der Waals surface area (Å²) in [4.78, 5) is 4.17. The molecule has 1 N–H and O–H groups in total. The molecule has 1 heterocycles. The van der Waals surface area contributed by atoms with E-state index < -0.39 is 5.79 Å². The molecule has 0 aliphatic rings. The maximum absolute atomic E-state index is 10.7. The Kier molecular flexibility index (Phi) is 3.52. The Hall–Kier alpha value is -1.71. The van der Waals surface area contributed by atoms with Gasteiger partial charge in [-0.3, -0.25) is 4.98 Å². The fourth-order valence-corrected chi connectivity index (χ4v) is 1.74. The van der Waals surface area contributed by atoms with Gasteiger partial charge in [0, 0.05) is 18.4 Å². The molecule has 17 heavy (non-hydrogen) atoms. The average Bonchev–Trinajstić information content (AvgIpc) is 2.41. The Morgan fingerprint density at radius 3 is 2.41 bits per heavy atom. The molecule has 1 aromatic heterocycles. The van der Waals surface area contributed by atoms with Crippen molar-refractivity contribution in [2.24, 2.45) is 0 Å². The molecule has 0 unspecified atom stereocenters. The van der Waals surface area contributed by atoms with Crippen LogP contribution in [0.2, 0.25) is 0 Å². The normalized spacial score (nSPS) is 14.2. The molecule has 0 radical (unpaired) electrons. The van der Waals surface area contributed by atoms with Crippen LogP contribution in [0.3, 0.4) is 0 Å². The van der Waals surface area contributed by atoms with Crippen molar-refractivity contribution in [3.8, 4) is 0 Å². The van der Waals surface area contributed by atoms with E-state index in [2.05, 4.69) is 4.98 Å². The molecule has 3 nitrogen and oxygen atoms in total. The van der Waals surface area contributed by atoms with E-state index in [-0.39, 0.29) is 0 Å². The smallest absolute Gasteiger partial charge is 0.237 e. The van der Waals surface area contributed by atoms with Crippen LogP contribution in [-0.2, 0) is 10.5 Å². The van der Waals surface area contributed by atoms with Gasteiger partial charge in [-0.15, -0.1) is 0 Å². The summed E-state index contributed by atoms with van der Waals surface area (Å²) in [5.74, 6) is -1.47. The number of aromatic nitrogens is 1. The first kappa shape index (κ1) is 11.8. The molecule has 1 atom stereocenters. The number of nitrogens with zero attached hydrogens (tertiary/aromatic N) is 1. The topological polar surface area (TPSA) is 42.4 Å². The van der Waals surface area contributed by atoms with Gasteiger partial charge in [0.1, 0.15) is 5.69 Å². The number of rotatable bonds is 4. The van der Waals surface area contributed by atoms with Gasteiger partial charge < -0.3 is 9.84 Å². The van der Waals surface area contributed by atoms with Crippen molar-refractivity contribution in [2.75, 3.05) is 6.61 Å². The molecule has 3 heteroatoms. The standard InChI is InChI=1S/C14H15NO2/c1-2-17-14(16,12-8-4-3-5-9-12)13-10-6-7-11-15-13/h3-11,16H,2H2,1H3/t14-/m1/s1. The summed E-state index contributed by atoms with van der Waals surface area (Å²) in [5, 5.41) is 10.7. The minimum Gasteiger partial charge on any atom is -0.357 e. The number of benzene rings is 1. The Bertz CT molecular complexity index is 417. The van der Waals surface area contributed by atoms with Crippen LogP contribution in [-0.4, -0.2) is 16.7 Å². The van der Waals surface area contributed by atoms with Crippen molar-refractivity contribution < 1.29 is 9.84 Å². The average molecular weight is 229 g/mol. The van der Waals surface area contributed by atoms with Gasteiger partial charge in [0.05, 0.1) is 0 Å². The quantitative estimate of drug-likeness (QED) is 0.818. The zero-order valence-electron chi connectivity index (χ0n) is 9.71. The molecule has 0 saturated heterocycles. The molecule has 0 saturated carbocycles. The van der Waals surface area contributed by atoms with Crippen LogP contribution in [0.5, 0.6) is 0 Å². The molecule has 88 valence electrons. The zero-order valence-corrected chi connectivity index (χ0v) is 9.71. The second-order valence-corrected chi connectivity index (χ2v) is 3.66. The molecule has 2 rings (SSSR count). The Morgan fingerprint density at radius 1 is 1.12 bits per heavy atom. The number of ether oxygens (including phenoxy) is 1. The molecular formula is C14H15NO2. The summed E-state index contributed by atoms with van der Waals surface area (Å²) in [5.41, 5.74) is 1.17. The first-order valence-electron chi connectivity index (χ1n) is 5.60. The number of hydrogen-bond acceptors (Lipinski definition) is 3. The summed E-state index contributed by atoms with van der Waals surface area (Å²) in [6, 6.07) is 14.7. The molecule has 1 aromatic carbocycles. The third kappa shape index (κ3) is 2.35. The van der Waals surface area contributed by atoms with Crippen molar-refractivity contribution >= 4 is 0 Å². The second kappa shape index (κ2) is 5.08. The highest BCUT2D eigenvalue weighted by Crippen LogP contribution is 2.29. The predicted molar refractivity (Wildman–Crippen MR) is 65.3 cm³/mol. The fraction of sp³-hybridized carbons (Fsp3) is 0.214. The van der Waals surface area contributed by atoms with Crippen molar-refractivity contribution in [1.82, 2.24) is 4.98 Å². The van der Waals surface area contributed by atoms with Gasteiger partial charge >= 0.3 is 0 Å². The molecule has 0 spiro atoms. The van der Waals surface area contributed by atoms with Crippen LogP contribution in [0.15, 0.2) is 54.7 Å². The summed E-state index contributed by atoms with van der Waals surface area (Å²) < 4.78 is 5.49. The lowest BCUT2D eigenvalue weighted by molar-refractivity contribution is -0.179. The molecule has 0 amide bonds. The van der Waals surface area contributed by atoms with E-state index in [9.17, 15) is 5.11 Å². The predicted octanol–water partition coefficient (Wildman–Crippen LogP) is 2.31. The van der Waals surface area contributed by atoms with Crippen molar-refractivity contribution in [2.45, 2.75) is 12.7 Å². The second-order valence-electron chi connectivity index (χ2n) is 3.66. The summed E-state index contributed by atoms with van der Waals surface area (Å²) in [6.45, 7) is 2.25. The molecule has 2 aromatic rings. The minimum absolute atomic E-state index is 0.405. The van der Waals surface area contributed by atoms with Gasteiger partial charge in [0.15, 0.2) is 0 Å². The highest BCUT2D eigenvalue weighted by atomic mass is 16.6. The van der Waals surface area contributed by atoms with E-state index in [1.165, 1.54) is 0 Å². The van der Waals surface area contributed by atoms with Crippen molar-refractivity contribution in [3.63, 3.8) is 0 Å². The zero-order chi connectivity index (χ0) is 12.1. The van der Waals surface area contributed by atoms with Crippen LogP contribution < -0.4 is 0 Å². The van der Waals surface area contributed by atoms with Gasteiger partial charge in [-0.1, -0.05) is 36.4 Å². The maximum atomic E-state index is 10.7. The fourth-order valence-electron chi connectivity index (χ4n) is 1.74. The van der Waals surface area contributed by atoms with Crippen LogP contribution in [0.1, 0.15) is 18.2 Å².